The van der Waals surface area contributed by atoms with Crippen LogP contribution < -0.4 is 33.2 Å². The first-order chi connectivity index (χ1) is 25.1. The molecule has 2 heterocycles. The number of benzene rings is 4. The van der Waals surface area contributed by atoms with Gasteiger partial charge in [-0.15, -0.1) is 0 Å². The van der Waals surface area contributed by atoms with Crippen LogP contribution in [0, 0.1) is 0 Å². The van der Waals surface area contributed by atoms with Crippen LogP contribution in [0.15, 0.2) is 54.6 Å². The standard InChI is InChI=1S/C40H44N2O10/c1-41-17-16-25-21-33(47-5)36(49-7)38(52-32-22-28-24(20-31(32)46-4)15-18-42(2)39(28)43)34(25)29(41)19-26-11-14-30(45-3)37(35(26)48-6)51-27-12-9-23(10-13-27)40(44)50-8/h9-14,20-22,29H,15-19H2,1-8H3. The molecule has 0 spiro atoms. The number of amides is 1. The topological polar surface area (TPSA) is 114 Å². The first-order valence-corrected chi connectivity index (χ1v) is 16.9. The summed E-state index contributed by atoms with van der Waals surface area (Å²) in [5, 5.41) is 0. The number of carbonyl (C=O) groups is 2. The van der Waals surface area contributed by atoms with E-state index >= 15 is 0 Å². The second kappa shape index (κ2) is 15.3. The van der Waals surface area contributed by atoms with Crippen LogP contribution in [0.4, 0.5) is 0 Å². The molecule has 6 rings (SSSR count). The van der Waals surface area contributed by atoms with Gasteiger partial charge in [-0.05, 0) is 86.0 Å². The second-order valence-electron chi connectivity index (χ2n) is 12.6. The third-order valence-corrected chi connectivity index (χ3v) is 9.73. The van der Waals surface area contributed by atoms with Gasteiger partial charge in [-0.25, -0.2) is 4.79 Å². The minimum absolute atomic E-state index is 0.0740. The number of rotatable bonds is 12. The van der Waals surface area contributed by atoms with Gasteiger partial charge in [-0.1, -0.05) is 6.07 Å². The number of nitrogens with zero attached hydrogens (tertiary/aromatic N) is 2. The van der Waals surface area contributed by atoms with Gasteiger partial charge in [0, 0.05) is 42.9 Å². The lowest BCUT2D eigenvalue weighted by molar-refractivity contribution is 0.0600. The van der Waals surface area contributed by atoms with E-state index in [1.54, 1.807) is 77.8 Å². The molecule has 1 amide bonds. The van der Waals surface area contributed by atoms with Crippen molar-refractivity contribution < 1.29 is 47.5 Å². The minimum Gasteiger partial charge on any atom is -0.493 e. The molecule has 0 radical (unpaired) electrons. The van der Waals surface area contributed by atoms with Gasteiger partial charge in [-0.2, -0.15) is 0 Å². The maximum Gasteiger partial charge on any atom is 0.337 e. The van der Waals surface area contributed by atoms with E-state index in [1.165, 1.54) is 7.11 Å². The normalized spacial score (nSPS) is 15.3. The van der Waals surface area contributed by atoms with E-state index in [2.05, 4.69) is 11.9 Å². The minimum atomic E-state index is -0.440. The molecule has 0 aromatic heterocycles. The van der Waals surface area contributed by atoms with E-state index in [4.69, 9.17) is 37.9 Å². The van der Waals surface area contributed by atoms with Crippen molar-refractivity contribution in [1.29, 1.82) is 0 Å². The van der Waals surface area contributed by atoms with Gasteiger partial charge in [0.2, 0.25) is 11.5 Å². The van der Waals surface area contributed by atoms with E-state index < -0.39 is 5.97 Å². The molecule has 12 nitrogen and oxygen atoms in total. The molecule has 4 aromatic carbocycles. The molecule has 2 aliphatic heterocycles. The average Bonchev–Trinajstić information content (AvgIpc) is 3.17. The highest BCUT2D eigenvalue weighted by Gasteiger charge is 2.35. The number of ether oxygens (including phenoxy) is 8. The van der Waals surface area contributed by atoms with Gasteiger partial charge in [0.1, 0.15) is 5.75 Å². The summed E-state index contributed by atoms with van der Waals surface area (Å²) in [7, 11) is 13.1. The van der Waals surface area contributed by atoms with Crippen molar-refractivity contribution in [2.45, 2.75) is 25.3 Å². The first-order valence-electron chi connectivity index (χ1n) is 16.9. The zero-order chi connectivity index (χ0) is 37.1. The van der Waals surface area contributed by atoms with Gasteiger partial charge in [0.25, 0.3) is 5.91 Å². The quantitative estimate of drug-likeness (QED) is 0.150. The number of methoxy groups -OCH3 is 6. The molecule has 1 unspecified atom stereocenters. The highest BCUT2D eigenvalue weighted by Crippen LogP contribution is 2.52. The summed E-state index contributed by atoms with van der Waals surface area (Å²) in [5.41, 5.74) is 4.69. The van der Waals surface area contributed by atoms with E-state index in [0.717, 1.165) is 35.2 Å². The van der Waals surface area contributed by atoms with E-state index in [0.29, 0.717) is 82.3 Å². The zero-order valence-corrected chi connectivity index (χ0v) is 30.8. The van der Waals surface area contributed by atoms with Crippen molar-refractivity contribution in [2.75, 3.05) is 69.8 Å². The van der Waals surface area contributed by atoms with Crippen LogP contribution in [0.3, 0.4) is 0 Å². The Bertz CT molecular complexity index is 1980. The van der Waals surface area contributed by atoms with Crippen LogP contribution in [-0.4, -0.2) is 91.5 Å². The molecule has 4 aromatic rings. The predicted octanol–water partition coefficient (Wildman–Crippen LogP) is 6.50. The first kappa shape index (κ1) is 36.2. The van der Waals surface area contributed by atoms with Gasteiger partial charge >= 0.3 is 5.97 Å². The lowest BCUT2D eigenvalue weighted by Crippen LogP contribution is -2.34. The molecule has 12 heteroatoms. The highest BCUT2D eigenvalue weighted by molar-refractivity contribution is 5.97. The largest absolute Gasteiger partial charge is 0.493 e. The zero-order valence-electron chi connectivity index (χ0n) is 30.8. The molecule has 0 aliphatic carbocycles. The Kier molecular flexibility index (Phi) is 10.7. The summed E-state index contributed by atoms with van der Waals surface area (Å²) in [6.07, 6.45) is 1.94. The Balaban J connectivity index is 1.45. The van der Waals surface area contributed by atoms with Crippen molar-refractivity contribution in [3.8, 4) is 51.7 Å². The number of likely N-dealkylation sites (N-methyl/N-ethyl adjacent to an activating group) is 2. The summed E-state index contributed by atoms with van der Waals surface area (Å²) in [6.45, 7) is 1.40. The molecule has 0 saturated carbocycles. The third-order valence-electron chi connectivity index (χ3n) is 9.73. The number of hydrogen-bond donors (Lipinski definition) is 0. The highest BCUT2D eigenvalue weighted by atomic mass is 16.6. The molecular formula is C40H44N2O10. The molecule has 0 bridgehead atoms. The van der Waals surface area contributed by atoms with Crippen LogP contribution in [0.25, 0.3) is 0 Å². The number of fused-ring (bicyclic) bond motifs is 2. The fraction of sp³-hybridized carbons (Fsp3) is 0.350. The molecule has 0 fully saturated rings. The number of esters is 1. The van der Waals surface area contributed by atoms with Crippen molar-refractivity contribution in [3.05, 3.63) is 88.0 Å². The Labute approximate surface area is 303 Å². The van der Waals surface area contributed by atoms with Crippen molar-refractivity contribution in [1.82, 2.24) is 9.80 Å². The SMILES string of the molecule is COC(=O)c1ccc(Oc2c(OC)ccc(CC3c4c(cc(OC)c(OC)c4Oc4cc5c(cc4OC)CCN(C)C5=O)CCN3C)c2OC)cc1. The Morgan fingerprint density at radius 3 is 2.00 bits per heavy atom. The van der Waals surface area contributed by atoms with Gasteiger partial charge in [0.15, 0.2) is 34.5 Å². The van der Waals surface area contributed by atoms with Crippen LogP contribution in [0.2, 0.25) is 0 Å². The fourth-order valence-corrected chi connectivity index (χ4v) is 6.91. The van der Waals surface area contributed by atoms with Crippen molar-refractivity contribution in [3.63, 3.8) is 0 Å². The summed E-state index contributed by atoms with van der Waals surface area (Å²) < 4.78 is 47.3. The number of hydrogen-bond acceptors (Lipinski definition) is 11. The van der Waals surface area contributed by atoms with Crippen LogP contribution in [-0.2, 0) is 24.0 Å². The van der Waals surface area contributed by atoms with Crippen LogP contribution in [0.1, 0.15) is 49.0 Å². The monoisotopic (exact) mass is 712 g/mol. The molecule has 274 valence electrons. The van der Waals surface area contributed by atoms with Crippen LogP contribution >= 0.6 is 0 Å². The number of carbonyl (C=O) groups excluding carboxylic acids is 2. The molecular weight excluding hydrogens is 668 g/mol. The smallest absolute Gasteiger partial charge is 0.337 e. The fourth-order valence-electron chi connectivity index (χ4n) is 6.91. The van der Waals surface area contributed by atoms with E-state index in [1.807, 2.05) is 24.3 Å². The summed E-state index contributed by atoms with van der Waals surface area (Å²) in [6, 6.07) is 15.9. The Morgan fingerprint density at radius 1 is 0.673 bits per heavy atom. The molecule has 1 atom stereocenters. The van der Waals surface area contributed by atoms with Gasteiger partial charge in [-0.3, -0.25) is 9.69 Å². The lowest BCUT2D eigenvalue weighted by atomic mass is 9.87. The van der Waals surface area contributed by atoms with Gasteiger partial charge < -0.3 is 42.8 Å². The summed E-state index contributed by atoms with van der Waals surface area (Å²) >= 11 is 0. The molecule has 0 N–H and O–H groups in total. The van der Waals surface area contributed by atoms with Crippen molar-refractivity contribution in [2.24, 2.45) is 0 Å². The molecule has 2 aliphatic rings. The van der Waals surface area contributed by atoms with Gasteiger partial charge in [0.05, 0.1) is 48.2 Å². The van der Waals surface area contributed by atoms with Crippen molar-refractivity contribution >= 4 is 11.9 Å². The van der Waals surface area contributed by atoms with Crippen LogP contribution in [0.5, 0.6) is 51.7 Å². The predicted molar refractivity (Wildman–Crippen MR) is 193 cm³/mol. The third kappa shape index (κ3) is 6.73. The molecule has 0 saturated heterocycles. The maximum atomic E-state index is 13.2. The second-order valence-corrected chi connectivity index (χ2v) is 12.6. The van der Waals surface area contributed by atoms with E-state index in [-0.39, 0.29) is 11.9 Å². The Hall–Kier alpha value is -5.62. The average molecular weight is 713 g/mol. The summed E-state index contributed by atoms with van der Waals surface area (Å²) in [4.78, 5) is 29.2. The lowest BCUT2D eigenvalue weighted by Gasteiger charge is -2.37. The van der Waals surface area contributed by atoms with E-state index in [9.17, 15) is 9.59 Å². The Morgan fingerprint density at radius 2 is 1.35 bits per heavy atom. The molecule has 52 heavy (non-hydrogen) atoms. The maximum absolute atomic E-state index is 13.2. The summed E-state index contributed by atoms with van der Waals surface area (Å²) in [5.74, 6) is 3.66.